The number of aryl methyl sites for hydroxylation is 1. The van der Waals surface area contributed by atoms with E-state index in [1.807, 2.05) is 19.2 Å². The van der Waals surface area contributed by atoms with Gasteiger partial charge in [0.1, 0.15) is 0 Å². The quantitative estimate of drug-likeness (QED) is 0.510. The number of hydrogen-bond donors (Lipinski definition) is 2. The van der Waals surface area contributed by atoms with Crippen molar-refractivity contribution < 1.29 is 0 Å². The van der Waals surface area contributed by atoms with Crippen LogP contribution in [0.25, 0.3) is 5.70 Å². The molecule has 0 amide bonds. The lowest BCUT2D eigenvalue weighted by Gasteiger charge is -2.32. The van der Waals surface area contributed by atoms with Gasteiger partial charge in [0.05, 0.1) is 5.69 Å². The number of hydrogen-bond acceptors (Lipinski definition) is 2. The van der Waals surface area contributed by atoms with Crippen molar-refractivity contribution in [3.8, 4) is 12.3 Å². The molecule has 2 aliphatic carbocycles. The van der Waals surface area contributed by atoms with Gasteiger partial charge in [-0.25, -0.2) is 0 Å². The average Bonchev–Trinajstić information content (AvgIpc) is 3.49. The Balaban J connectivity index is 1.85. The topological polar surface area (TPSA) is 40.2 Å². The zero-order chi connectivity index (χ0) is 18.2. The second kappa shape index (κ2) is 6.59. The molecule has 25 heavy (non-hydrogen) atoms. The summed E-state index contributed by atoms with van der Waals surface area (Å²) in [6.45, 7) is 14.5. The maximum absolute atomic E-state index is 5.79. The van der Waals surface area contributed by atoms with Gasteiger partial charge in [-0.2, -0.15) is 0 Å². The van der Waals surface area contributed by atoms with Crippen LogP contribution >= 0.6 is 0 Å². The highest BCUT2D eigenvalue weighted by atomic mass is 15.0. The minimum Gasteiger partial charge on any atom is -0.380 e. The van der Waals surface area contributed by atoms with Crippen LogP contribution in [0.2, 0.25) is 0 Å². The maximum Gasteiger partial charge on any atom is 0.0930 e. The third-order valence-electron chi connectivity index (χ3n) is 5.39. The van der Waals surface area contributed by atoms with Crippen LogP contribution < -0.4 is 5.32 Å². The zero-order valence-electron chi connectivity index (χ0n) is 15.7. The molecule has 1 aromatic rings. The van der Waals surface area contributed by atoms with Crippen LogP contribution in [-0.4, -0.2) is 16.7 Å². The third kappa shape index (κ3) is 3.74. The van der Waals surface area contributed by atoms with Crippen LogP contribution in [0.3, 0.4) is 0 Å². The molecule has 1 atom stereocenters. The van der Waals surface area contributed by atoms with E-state index in [0.717, 1.165) is 28.4 Å². The van der Waals surface area contributed by atoms with Crippen LogP contribution in [0.4, 0.5) is 5.69 Å². The van der Waals surface area contributed by atoms with Crippen molar-refractivity contribution in [1.82, 2.24) is 10.3 Å². The number of rotatable bonds is 8. The molecule has 3 nitrogen and oxygen atoms in total. The Morgan fingerprint density at radius 3 is 2.64 bits per heavy atom. The van der Waals surface area contributed by atoms with E-state index in [9.17, 15) is 0 Å². The number of H-pyrrole nitrogens is 1. The SMILES string of the molecule is C#CC(C)(C)C(NC(=C)c1c[nH]c(C)c1N=C(C=C)C1CC1)C1CC1. The zero-order valence-corrected chi connectivity index (χ0v) is 15.7. The molecule has 3 rings (SSSR count). The van der Waals surface area contributed by atoms with E-state index in [-0.39, 0.29) is 11.5 Å². The van der Waals surface area contributed by atoms with Crippen LogP contribution in [-0.2, 0) is 0 Å². The summed E-state index contributed by atoms with van der Waals surface area (Å²) in [6, 6.07) is 0.236. The first-order valence-corrected chi connectivity index (χ1v) is 9.20. The lowest BCUT2D eigenvalue weighted by atomic mass is 9.82. The Kier molecular flexibility index (Phi) is 4.64. The minimum absolute atomic E-state index is 0.209. The molecule has 3 heteroatoms. The number of nitrogens with zero attached hydrogens (tertiary/aromatic N) is 1. The Labute approximate surface area is 151 Å². The summed E-state index contributed by atoms with van der Waals surface area (Å²) in [5, 5.41) is 3.62. The van der Waals surface area contributed by atoms with Crippen molar-refractivity contribution >= 4 is 17.1 Å². The molecular formula is C22H29N3. The third-order valence-corrected chi connectivity index (χ3v) is 5.39. The normalized spacial score (nSPS) is 19.2. The summed E-state index contributed by atoms with van der Waals surface area (Å²) in [5.41, 5.74) is 4.81. The molecule has 2 fully saturated rings. The molecule has 1 unspecified atom stereocenters. The minimum atomic E-state index is -0.209. The summed E-state index contributed by atoms with van der Waals surface area (Å²) in [6.07, 6.45) is 14.5. The van der Waals surface area contributed by atoms with Gasteiger partial charge in [-0.3, -0.25) is 4.99 Å². The van der Waals surface area contributed by atoms with Gasteiger partial charge in [-0.15, -0.1) is 6.42 Å². The maximum atomic E-state index is 5.79. The first-order chi connectivity index (χ1) is 11.9. The number of allylic oxidation sites excluding steroid dienone is 1. The van der Waals surface area contributed by atoms with Crippen molar-refractivity contribution in [2.45, 2.75) is 52.5 Å². The van der Waals surface area contributed by atoms with E-state index >= 15 is 0 Å². The van der Waals surface area contributed by atoms with E-state index in [1.165, 1.54) is 25.7 Å². The lowest BCUT2D eigenvalue weighted by Crippen LogP contribution is -2.41. The summed E-state index contributed by atoms with van der Waals surface area (Å²) in [7, 11) is 0. The highest BCUT2D eigenvalue weighted by Crippen LogP contribution is 2.42. The molecule has 1 aromatic heterocycles. The number of aliphatic imine (C=N–C) groups is 1. The molecule has 2 N–H and O–H groups in total. The second-order valence-electron chi connectivity index (χ2n) is 8.00. The number of aromatic amines is 1. The van der Waals surface area contributed by atoms with Crippen LogP contribution in [0.15, 0.2) is 30.4 Å². The standard InChI is InChI=1S/C22H29N3/c1-7-19(16-9-10-16)25-20-15(4)23-13-18(20)14(3)24-21(17-11-12-17)22(5,6)8-2/h2,7,13,16-17,21,23-24H,1,3,9-12H2,4-6H3. The van der Waals surface area contributed by atoms with Crippen molar-refractivity contribution in [3.63, 3.8) is 0 Å². The Morgan fingerprint density at radius 1 is 1.44 bits per heavy atom. The fourth-order valence-corrected chi connectivity index (χ4v) is 3.38. The molecule has 0 aliphatic heterocycles. The molecular weight excluding hydrogens is 306 g/mol. The molecule has 132 valence electrons. The van der Waals surface area contributed by atoms with Crippen molar-refractivity contribution in [2.24, 2.45) is 22.2 Å². The second-order valence-corrected chi connectivity index (χ2v) is 8.00. The van der Waals surface area contributed by atoms with Crippen molar-refractivity contribution in [2.75, 3.05) is 0 Å². The molecule has 0 saturated heterocycles. The summed E-state index contributed by atoms with van der Waals surface area (Å²) in [4.78, 5) is 8.19. The van der Waals surface area contributed by atoms with E-state index in [1.54, 1.807) is 0 Å². The average molecular weight is 335 g/mol. The van der Waals surface area contributed by atoms with Crippen molar-refractivity contribution in [3.05, 3.63) is 36.7 Å². The summed E-state index contributed by atoms with van der Waals surface area (Å²) >= 11 is 0. The predicted octanol–water partition coefficient (Wildman–Crippen LogP) is 4.99. The van der Waals surface area contributed by atoms with E-state index in [2.05, 4.69) is 43.2 Å². The Morgan fingerprint density at radius 2 is 2.12 bits per heavy atom. The molecule has 0 bridgehead atoms. The van der Waals surface area contributed by atoms with Crippen LogP contribution in [0.1, 0.15) is 50.8 Å². The first-order valence-electron chi connectivity index (χ1n) is 9.20. The smallest absolute Gasteiger partial charge is 0.0930 e. The van der Waals surface area contributed by atoms with Gasteiger partial charge < -0.3 is 10.3 Å². The molecule has 0 spiro atoms. The molecule has 1 heterocycles. The lowest BCUT2D eigenvalue weighted by molar-refractivity contribution is 0.321. The fourth-order valence-electron chi connectivity index (χ4n) is 3.38. The monoisotopic (exact) mass is 335 g/mol. The molecule has 2 aliphatic rings. The van der Waals surface area contributed by atoms with E-state index in [0.29, 0.717) is 11.8 Å². The van der Waals surface area contributed by atoms with Gasteiger partial charge >= 0.3 is 0 Å². The Hall–Kier alpha value is -2.21. The van der Waals surface area contributed by atoms with E-state index < -0.39 is 0 Å². The van der Waals surface area contributed by atoms with Gasteiger partial charge in [-0.1, -0.05) is 19.1 Å². The highest BCUT2D eigenvalue weighted by molar-refractivity contribution is 6.00. The predicted molar refractivity (Wildman–Crippen MR) is 107 cm³/mol. The number of aromatic nitrogens is 1. The largest absolute Gasteiger partial charge is 0.380 e. The first kappa shape index (κ1) is 17.6. The van der Waals surface area contributed by atoms with Gasteiger partial charge in [0, 0.05) is 46.2 Å². The fraction of sp³-hybridized carbons (Fsp3) is 0.500. The number of terminal acetylenes is 1. The Bertz CT molecular complexity index is 749. The number of nitrogens with one attached hydrogen (secondary N) is 2. The highest BCUT2D eigenvalue weighted by Gasteiger charge is 2.40. The summed E-state index contributed by atoms with van der Waals surface area (Å²) < 4.78 is 0. The molecule has 0 radical (unpaired) electrons. The van der Waals surface area contributed by atoms with Gasteiger partial charge in [0.25, 0.3) is 0 Å². The van der Waals surface area contributed by atoms with Gasteiger partial charge in [0.2, 0.25) is 0 Å². The van der Waals surface area contributed by atoms with Crippen molar-refractivity contribution in [1.29, 1.82) is 0 Å². The summed E-state index contributed by atoms with van der Waals surface area (Å²) in [5.74, 6) is 4.15. The van der Waals surface area contributed by atoms with Crippen LogP contribution in [0.5, 0.6) is 0 Å². The molecule has 2 saturated carbocycles. The molecule has 0 aromatic carbocycles. The van der Waals surface area contributed by atoms with Crippen LogP contribution in [0, 0.1) is 36.5 Å². The van der Waals surface area contributed by atoms with E-state index in [4.69, 9.17) is 11.4 Å². The van der Waals surface area contributed by atoms with Gasteiger partial charge in [0.15, 0.2) is 0 Å². The van der Waals surface area contributed by atoms with Gasteiger partial charge in [-0.05, 0) is 58.4 Å².